The Hall–Kier alpha value is -2.61. The number of carbonyl (C=O) groups is 1. The third kappa shape index (κ3) is 4.93. The highest BCUT2D eigenvalue weighted by Crippen LogP contribution is 2.32. The maximum atomic E-state index is 13.7. The summed E-state index contributed by atoms with van der Waals surface area (Å²) in [6, 6.07) is 8.91. The third-order valence-electron chi connectivity index (χ3n) is 4.05. The lowest BCUT2D eigenvalue weighted by atomic mass is 9.92. The zero-order valence-electron chi connectivity index (χ0n) is 13.9. The summed E-state index contributed by atoms with van der Waals surface area (Å²) >= 11 is 0. The molecule has 2 aromatic rings. The monoisotopic (exact) mass is 351 g/mol. The lowest BCUT2D eigenvalue weighted by Crippen LogP contribution is -2.21. The summed E-state index contributed by atoms with van der Waals surface area (Å²) in [5, 5.41) is 20.2. The van der Waals surface area contributed by atoms with Crippen LogP contribution in [-0.4, -0.2) is 32.7 Å². The average molecular weight is 351 g/mol. The number of benzene rings is 1. The highest BCUT2D eigenvalue weighted by Gasteiger charge is 2.27. The molecule has 0 radical (unpaired) electrons. The van der Waals surface area contributed by atoms with Crippen molar-refractivity contribution < 1.29 is 24.2 Å². The first-order valence-corrected chi connectivity index (χ1v) is 8.00. The standard InChI is InChI=1S/C16H20FN3O2.CH2O2/c1-11(17)15-3-2-8-20-16(15)9-13(18-20)10-22-14-6-4-12(19-21)5-7-14;2-1-3/h4-7,9,11,15,19,21H,2-3,8,10H2,1H3;1H,(H,2,3). The molecule has 2 atom stereocenters. The minimum Gasteiger partial charge on any atom is -0.487 e. The molecule has 0 aliphatic carbocycles. The van der Waals surface area contributed by atoms with Gasteiger partial charge in [0, 0.05) is 18.2 Å². The number of alkyl halides is 1. The Morgan fingerprint density at radius 2 is 2.16 bits per heavy atom. The molecule has 8 heteroatoms. The number of aryl methyl sites for hydroxylation is 1. The van der Waals surface area contributed by atoms with Gasteiger partial charge in [-0.1, -0.05) is 0 Å². The van der Waals surface area contributed by atoms with Crippen LogP contribution in [0.3, 0.4) is 0 Å². The van der Waals surface area contributed by atoms with Gasteiger partial charge in [0.15, 0.2) is 0 Å². The maximum Gasteiger partial charge on any atom is 0.290 e. The van der Waals surface area contributed by atoms with E-state index in [9.17, 15) is 4.39 Å². The quantitative estimate of drug-likeness (QED) is 0.565. The molecule has 1 aromatic carbocycles. The average Bonchev–Trinajstić information content (AvgIpc) is 3.04. The minimum atomic E-state index is -0.858. The third-order valence-corrected chi connectivity index (χ3v) is 4.05. The summed E-state index contributed by atoms with van der Waals surface area (Å²) in [5.41, 5.74) is 4.45. The fourth-order valence-electron chi connectivity index (χ4n) is 2.89. The van der Waals surface area contributed by atoms with Crippen LogP contribution in [0.1, 0.15) is 37.1 Å². The van der Waals surface area contributed by atoms with Crippen LogP contribution < -0.4 is 10.2 Å². The Morgan fingerprint density at radius 3 is 2.76 bits per heavy atom. The molecule has 0 spiro atoms. The molecule has 0 bridgehead atoms. The van der Waals surface area contributed by atoms with Crippen LogP contribution in [0.25, 0.3) is 0 Å². The van der Waals surface area contributed by atoms with Gasteiger partial charge in [-0.2, -0.15) is 5.10 Å². The Kier molecular flexibility index (Phi) is 6.76. The molecule has 1 aliphatic rings. The van der Waals surface area contributed by atoms with E-state index in [0.717, 1.165) is 30.8 Å². The zero-order chi connectivity index (χ0) is 18.2. The number of hydrogen-bond donors (Lipinski definition) is 3. The number of carboxylic acid groups (broad SMARTS) is 1. The van der Waals surface area contributed by atoms with Gasteiger partial charge in [-0.3, -0.25) is 20.2 Å². The predicted octanol–water partition coefficient (Wildman–Crippen LogP) is 3.20. The van der Waals surface area contributed by atoms with Crippen LogP contribution >= 0.6 is 0 Å². The predicted molar refractivity (Wildman–Crippen MR) is 89.6 cm³/mol. The van der Waals surface area contributed by atoms with Crippen LogP contribution in [0.2, 0.25) is 0 Å². The van der Waals surface area contributed by atoms with Gasteiger partial charge in [-0.15, -0.1) is 0 Å². The van der Waals surface area contributed by atoms with Gasteiger partial charge >= 0.3 is 0 Å². The highest BCUT2D eigenvalue weighted by atomic mass is 19.1. The van der Waals surface area contributed by atoms with Crippen LogP contribution in [0.5, 0.6) is 5.75 Å². The van der Waals surface area contributed by atoms with Gasteiger partial charge in [-0.05, 0) is 50.1 Å². The van der Waals surface area contributed by atoms with Crippen molar-refractivity contribution in [3.8, 4) is 5.75 Å². The Bertz CT molecular complexity index is 673. The van der Waals surface area contributed by atoms with Gasteiger partial charge in [0.2, 0.25) is 0 Å². The van der Waals surface area contributed by atoms with Crippen molar-refractivity contribution in [3.05, 3.63) is 41.7 Å². The van der Waals surface area contributed by atoms with E-state index in [4.69, 9.17) is 19.8 Å². The molecule has 0 amide bonds. The summed E-state index contributed by atoms with van der Waals surface area (Å²) in [4.78, 5) is 8.36. The van der Waals surface area contributed by atoms with Gasteiger partial charge < -0.3 is 9.84 Å². The van der Waals surface area contributed by atoms with Crippen molar-refractivity contribution in [2.45, 2.75) is 45.0 Å². The molecular weight excluding hydrogens is 329 g/mol. The molecule has 1 aliphatic heterocycles. The van der Waals surface area contributed by atoms with Crippen LogP contribution in [0.15, 0.2) is 30.3 Å². The van der Waals surface area contributed by atoms with Gasteiger partial charge in [0.25, 0.3) is 6.47 Å². The first-order valence-electron chi connectivity index (χ1n) is 8.00. The molecule has 0 saturated carbocycles. The van der Waals surface area contributed by atoms with Crippen molar-refractivity contribution in [1.29, 1.82) is 0 Å². The van der Waals surface area contributed by atoms with Gasteiger partial charge in [-0.25, -0.2) is 4.39 Å². The Morgan fingerprint density at radius 1 is 1.48 bits per heavy atom. The van der Waals surface area contributed by atoms with E-state index in [1.54, 1.807) is 31.2 Å². The molecule has 0 fully saturated rings. The highest BCUT2D eigenvalue weighted by molar-refractivity contribution is 5.44. The van der Waals surface area contributed by atoms with Crippen LogP contribution in [-0.2, 0) is 17.9 Å². The van der Waals surface area contributed by atoms with Gasteiger partial charge in [0.1, 0.15) is 24.2 Å². The Labute approximate surface area is 145 Å². The molecule has 2 heterocycles. The van der Waals surface area contributed by atoms with Crippen molar-refractivity contribution in [3.63, 3.8) is 0 Å². The Balaban J connectivity index is 0.000000701. The van der Waals surface area contributed by atoms with Crippen LogP contribution in [0.4, 0.5) is 10.1 Å². The molecule has 3 rings (SSSR count). The van der Waals surface area contributed by atoms with E-state index in [1.807, 2.05) is 10.7 Å². The normalized spacial score (nSPS) is 16.8. The first kappa shape index (κ1) is 18.7. The largest absolute Gasteiger partial charge is 0.487 e. The number of fused-ring (bicyclic) bond motifs is 1. The molecule has 7 nitrogen and oxygen atoms in total. The van der Waals surface area contributed by atoms with Gasteiger partial charge in [0.05, 0.1) is 5.69 Å². The molecule has 1 aromatic heterocycles. The number of nitrogens with one attached hydrogen (secondary N) is 1. The number of rotatable bonds is 5. The topological polar surface area (TPSA) is 96.6 Å². The molecule has 0 saturated heterocycles. The van der Waals surface area contributed by atoms with Crippen molar-refractivity contribution >= 4 is 12.2 Å². The van der Waals surface area contributed by atoms with Crippen molar-refractivity contribution in [2.24, 2.45) is 0 Å². The fraction of sp³-hybridized carbons (Fsp3) is 0.412. The molecule has 3 N–H and O–H groups in total. The summed E-state index contributed by atoms with van der Waals surface area (Å²) in [6.45, 7) is 2.55. The second-order valence-corrected chi connectivity index (χ2v) is 5.74. The summed E-state index contributed by atoms with van der Waals surface area (Å²) in [5.74, 6) is 0.630. The zero-order valence-corrected chi connectivity index (χ0v) is 13.9. The summed E-state index contributed by atoms with van der Waals surface area (Å²) in [7, 11) is 0. The van der Waals surface area contributed by atoms with E-state index in [1.165, 1.54) is 0 Å². The van der Waals surface area contributed by atoms with E-state index in [-0.39, 0.29) is 12.4 Å². The van der Waals surface area contributed by atoms with Crippen molar-refractivity contribution in [2.75, 3.05) is 5.48 Å². The SMILES string of the molecule is CC(F)C1CCCn2nc(COc3ccc(NO)cc3)cc21.O=CO. The number of nitrogens with zero attached hydrogens (tertiary/aromatic N) is 2. The first-order chi connectivity index (χ1) is 12.1. The number of halogens is 1. The fourth-order valence-corrected chi connectivity index (χ4v) is 2.89. The lowest BCUT2D eigenvalue weighted by molar-refractivity contribution is -0.122. The number of anilines is 1. The molecule has 25 heavy (non-hydrogen) atoms. The second kappa shape index (κ2) is 9.03. The number of ether oxygens (including phenoxy) is 1. The summed E-state index contributed by atoms with van der Waals surface area (Å²) < 4.78 is 21.3. The maximum absolute atomic E-state index is 13.7. The molecule has 2 unspecified atom stereocenters. The second-order valence-electron chi connectivity index (χ2n) is 5.74. The van der Waals surface area contributed by atoms with E-state index < -0.39 is 6.17 Å². The molecular formula is C17H22FN3O4. The van der Waals surface area contributed by atoms with E-state index in [0.29, 0.717) is 18.0 Å². The minimum absolute atomic E-state index is 0.0649. The number of hydrogen-bond acceptors (Lipinski definition) is 5. The smallest absolute Gasteiger partial charge is 0.290 e. The number of aromatic nitrogens is 2. The van der Waals surface area contributed by atoms with Crippen molar-refractivity contribution in [1.82, 2.24) is 9.78 Å². The molecule has 136 valence electrons. The summed E-state index contributed by atoms with van der Waals surface area (Å²) in [6.07, 6.45) is 0.978. The lowest BCUT2D eigenvalue weighted by Gasteiger charge is -2.24. The van der Waals surface area contributed by atoms with E-state index >= 15 is 0 Å². The van der Waals surface area contributed by atoms with E-state index in [2.05, 4.69) is 10.6 Å². The van der Waals surface area contributed by atoms with Crippen LogP contribution in [0, 0.1) is 0 Å².